The van der Waals surface area contributed by atoms with Crippen molar-refractivity contribution >= 4 is 17.5 Å². The number of carbonyl (C=O) groups excluding carboxylic acids is 3. The summed E-state index contributed by atoms with van der Waals surface area (Å²) in [4.78, 5) is 36.4. The number of allylic oxidation sites excluding steroid dienone is 2. The Hall–Kier alpha value is -1.45. The molecule has 0 aromatic heterocycles. The molecule has 0 N–H and O–H groups in total. The Kier molecular flexibility index (Phi) is 5.65. The number of Topliss-reactive ketones (excluding diaryl/α,β-unsaturated/α-hetero) is 1. The fourth-order valence-corrected chi connectivity index (χ4v) is 6.59. The molecule has 0 heterocycles. The molecule has 0 unspecified atom stereocenters. The van der Waals surface area contributed by atoms with Gasteiger partial charge in [0.1, 0.15) is 0 Å². The predicted octanol–water partition coefficient (Wildman–Crippen LogP) is 4.80. The minimum atomic E-state index is -0.943. The molecule has 3 rings (SSSR count). The van der Waals surface area contributed by atoms with Crippen molar-refractivity contribution in [1.82, 2.24) is 0 Å². The fraction of sp³-hybridized carbons (Fsp3) is 0.783. The molecule has 3 aliphatic carbocycles. The van der Waals surface area contributed by atoms with Gasteiger partial charge in [-0.05, 0) is 82.1 Å². The van der Waals surface area contributed by atoms with Crippen LogP contribution in [-0.2, 0) is 19.1 Å². The van der Waals surface area contributed by atoms with Crippen LogP contribution in [-0.4, -0.2) is 23.1 Å². The van der Waals surface area contributed by atoms with E-state index in [1.54, 1.807) is 6.92 Å². The maximum absolute atomic E-state index is 12.6. The SMILES string of the molecule is CCCC(=O)/C=C1/CC[C@@H]2[C@H](CC[C@@]3(C)[C@H]2CC[C@]3(OC(C)=O)C(C)=O)C1. The summed E-state index contributed by atoms with van der Waals surface area (Å²) in [6.07, 6.45) is 10.1. The van der Waals surface area contributed by atoms with Gasteiger partial charge in [0.05, 0.1) is 0 Å². The van der Waals surface area contributed by atoms with Crippen LogP contribution in [0.4, 0.5) is 0 Å². The van der Waals surface area contributed by atoms with Crippen molar-refractivity contribution in [3.05, 3.63) is 11.6 Å². The number of hydrogen-bond donors (Lipinski definition) is 0. The standard InChI is InChI=1S/C23H34O4/c1-5-6-19(26)14-17-7-8-20-18(13-17)9-11-22(4)21(20)10-12-23(22,15(2)24)27-16(3)25/h14,18,20-21H,5-13H2,1-4H3/b17-14-/t18-,20-,21+,22+,23+/m1/s1. The van der Waals surface area contributed by atoms with Gasteiger partial charge >= 0.3 is 5.97 Å². The summed E-state index contributed by atoms with van der Waals surface area (Å²) < 4.78 is 5.77. The number of carbonyl (C=O) groups is 3. The van der Waals surface area contributed by atoms with Gasteiger partial charge in [-0.3, -0.25) is 14.4 Å². The Morgan fingerprint density at radius 3 is 2.52 bits per heavy atom. The first kappa shape index (κ1) is 20.3. The summed E-state index contributed by atoms with van der Waals surface area (Å²) in [6, 6.07) is 0. The summed E-state index contributed by atoms with van der Waals surface area (Å²) in [5.74, 6) is 1.50. The van der Waals surface area contributed by atoms with E-state index in [-0.39, 0.29) is 23.0 Å². The average Bonchev–Trinajstić information content (AvgIpc) is 2.88. The van der Waals surface area contributed by atoms with E-state index in [2.05, 4.69) is 6.92 Å². The third-order valence-corrected chi connectivity index (χ3v) is 7.78. The highest BCUT2D eigenvalue weighted by atomic mass is 16.6. The van der Waals surface area contributed by atoms with Crippen LogP contribution in [0, 0.1) is 23.2 Å². The molecule has 3 fully saturated rings. The highest BCUT2D eigenvalue weighted by molar-refractivity contribution is 5.90. The molecule has 27 heavy (non-hydrogen) atoms. The van der Waals surface area contributed by atoms with E-state index >= 15 is 0 Å². The molecule has 0 aromatic carbocycles. The lowest BCUT2D eigenvalue weighted by Crippen LogP contribution is -2.56. The zero-order valence-electron chi connectivity index (χ0n) is 17.3. The van der Waals surface area contributed by atoms with Gasteiger partial charge in [0.15, 0.2) is 17.2 Å². The number of ether oxygens (including phenoxy) is 1. The molecule has 4 heteroatoms. The van der Waals surface area contributed by atoms with Gasteiger partial charge in [-0.1, -0.05) is 19.4 Å². The van der Waals surface area contributed by atoms with E-state index in [9.17, 15) is 14.4 Å². The van der Waals surface area contributed by atoms with Crippen LogP contribution in [0.15, 0.2) is 11.6 Å². The topological polar surface area (TPSA) is 60.4 Å². The largest absolute Gasteiger partial charge is 0.451 e. The van der Waals surface area contributed by atoms with Crippen LogP contribution in [0.1, 0.15) is 85.5 Å². The summed E-state index contributed by atoms with van der Waals surface area (Å²) >= 11 is 0. The highest BCUT2D eigenvalue weighted by Gasteiger charge is 2.65. The lowest BCUT2D eigenvalue weighted by molar-refractivity contribution is -0.185. The van der Waals surface area contributed by atoms with Gasteiger partial charge in [0.2, 0.25) is 0 Å². The maximum Gasteiger partial charge on any atom is 0.303 e. The first-order valence-electron chi connectivity index (χ1n) is 10.7. The molecule has 4 nitrogen and oxygen atoms in total. The van der Waals surface area contributed by atoms with Crippen LogP contribution < -0.4 is 0 Å². The molecule has 0 radical (unpaired) electrons. The van der Waals surface area contributed by atoms with E-state index in [0.717, 1.165) is 44.9 Å². The minimum absolute atomic E-state index is 0.00251. The van der Waals surface area contributed by atoms with Crippen molar-refractivity contribution in [2.45, 2.75) is 91.1 Å². The maximum atomic E-state index is 12.6. The van der Waals surface area contributed by atoms with E-state index < -0.39 is 5.60 Å². The van der Waals surface area contributed by atoms with Gasteiger partial charge < -0.3 is 4.74 Å². The molecule has 0 bridgehead atoms. The second kappa shape index (κ2) is 7.52. The molecule has 0 saturated heterocycles. The molecule has 0 aromatic rings. The molecular weight excluding hydrogens is 340 g/mol. The number of fused-ring (bicyclic) bond motifs is 3. The van der Waals surface area contributed by atoms with Crippen LogP contribution in [0.3, 0.4) is 0 Å². The van der Waals surface area contributed by atoms with Gasteiger partial charge in [0.25, 0.3) is 0 Å². The quantitative estimate of drug-likeness (QED) is 0.512. The number of hydrogen-bond acceptors (Lipinski definition) is 4. The summed E-state index contributed by atoms with van der Waals surface area (Å²) in [6.45, 7) is 7.23. The Labute approximate surface area is 163 Å². The third kappa shape index (κ3) is 3.40. The zero-order valence-corrected chi connectivity index (χ0v) is 17.3. The van der Waals surface area contributed by atoms with Crippen LogP contribution in [0.25, 0.3) is 0 Å². The Morgan fingerprint density at radius 1 is 1.15 bits per heavy atom. The summed E-state index contributed by atoms with van der Waals surface area (Å²) in [5, 5.41) is 0. The van der Waals surface area contributed by atoms with Crippen LogP contribution in [0.5, 0.6) is 0 Å². The molecule has 0 amide bonds. The lowest BCUT2D eigenvalue weighted by atomic mass is 9.53. The van der Waals surface area contributed by atoms with Crippen molar-refractivity contribution in [2.75, 3.05) is 0 Å². The summed E-state index contributed by atoms with van der Waals surface area (Å²) in [7, 11) is 0. The second-order valence-corrected chi connectivity index (χ2v) is 9.26. The normalized spacial score (nSPS) is 39.6. The number of rotatable bonds is 5. The van der Waals surface area contributed by atoms with Crippen molar-refractivity contribution in [2.24, 2.45) is 23.2 Å². The number of esters is 1. The molecule has 0 aliphatic heterocycles. The van der Waals surface area contributed by atoms with Crippen LogP contribution in [0.2, 0.25) is 0 Å². The minimum Gasteiger partial charge on any atom is -0.451 e. The predicted molar refractivity (Wildman–Crippen MR) is 104 cm³/mol. The fourth-order valence-electron chi connectivity index (χ4n) is 6.59. The van der Waals surface area contributed by atoms with Crippen LogP contribution >= 0.6 is 0 Å². The molecule has 3 saturated carbocycles. The first-order chi connectivity index (χ1) is 12.7. The summed E-state index contributed by atoms with van der Waals surface area (Å²) in [5.41, 5.74) is 0.112. The molecule has 0 spiro atoms. The average molecular weight is 375 g/mol. The van der Waals surface area contributed by atoms with Crippen molar-refractivity contribution in [3.63, 3.8) is 0 Å². The van der Waals surface area contributed by atoms with Gasteiger partial charge in [-0.15, -0.1) is 0 Å². The monoisotopic (exact) mass is 374 g/mol. The number of ketones is 2. The van der Waals surface area contributed by atoms with Crippen molar-refractivity contribution < 1.29 is 19.1 Å². The Morgan fingerprint density at radius 2 is 1.89 bits per heavy atom. The smallest absolute Gasteiger partial charge is 0.303 e. The molecule has 5 atom stereocenters. The Balaban J connectivity index is 1.80. The van der Waals surface area contributed by atoms with Crippen molar-refractivity contribution in [1.29, 1.82) is 0 Å². The second-order valence-electron chi connectivity index (χ2n) is 9.26. The van der Waals surface area contributed by atoms with Gasteiger partial charge in [-0.25, -0.2) is 0 Å². The van der Waals surface area contributed by atoms with E-state index in [4.69, 9.17) is 4.74 Å². The lowest BCUT2D eigenvalue weighted by Gasteiger charge is -2.53. The van der Waals surface area contributed by atoms with Gasteiger partial charge in [0, 0.05) is 18.8 Å². The van der Waals surface area contributed by atoms with E-state index in [1.807, 2.05) is 13.0 Å². The molecule has 3 aliphatic rings. The molecule has 150 valence electrons. The highest BCUT2D eigenvalue weighted by Crippen LogP contribution is 2.64. The first-order valence-corrected chi connectivity index (χ1v) is 10.7. The van der Waals surface area contributed by atoms with Gasteiger partial charge in [-0.2, -0.15) is 0 Å². The van der Waals surface area contributed by atoms with E-state index in [1.165, 1.54) is 12.5 Å². The van der Waals surface area contributed by atoms with E-state index in [0.29, 0.717) is 30.6 Å². The molecular formula is C23H34O4. The third-order valence-electron chi connectivity index (χ3n) is 7.78. The van der Waals surface area contributed by atoms with Crippen molar-refractivity contribution in [3.8, 4) is 0 Å². The Bertz CT molecular complexity index is 663. The zero-order chi connectivity index (χ0) is 19.8.